The average Bonchev–Trinajstić information content (AvgIpc) is 2.04. The van der Waals surface area contributed by atoms with Crippen molar-refractivity contribution in [1.29, 1.82) is 0 Å². The Kier molecular flexibility index (Phi) is 209. The molecule has 0 amide bonds. The van der Waals surface area contributed by atoms with Crippen LogP contribution in [0.5, 0.6) is 0 Å². The topological polar surface area (TPSA) is 0 Å². The summed E-state index contributed by atoms with van der Waals surface area (Å²) in [6.07, 6.45) is 8.77. The minimum Gasteiger partial charge on any atom is -0.358 e. The molecule has 0 aromatic carbocycles. The fourth-order valence-electron chi connectivity index (χ4n) is 0.677. The van der Waals surface area contributed by atoms with Gasteiger partial charge in [-0.25, -0.2) is 0 Å². The van der Waals surface area contributed by atoms with Crippen molar-refractivity contribution in [2.24, 2.45) is 0 Å². The van der Waals surface area contributed by atoms with Crippen LogP contribution in [0.25, 0.3) is 0 Å². The molecule has 0 unspecified atom stereocenters. The zero-order chi connectivity index (χ0) is 8.95. The van der Waals surface area contributed by atoms with Gasteiger partial charge in [0.2, 0.25) is 0 Å². The second-order valence-electron chi connectivity index (χ2n) is 2.77. The summed E-state index contributed by atoms with van der Waals surface area (Å²) in [5, 5.41) is 0. The van der Waals surface area contributed by atoms with E-state index in [4.69, 9.17) is 0 Å². The van der Waals surface area contributed by atoms with Crippen LogP contribution in [0.15, 0.2) is 0 Å². The van der Waals surface area contributed by atoms with Crippen LogP contribution >= 0.6 is 0 Å². The van der Waals surface area contributed by atoms with Gasteiger partial charge >= 0.3 is 31.1 Å². The van der Waals surface area contributed by atoms with Gasteiger partial charge < -0.3 is 28.7 Å². The molecule has 0 aliphatic rings. The van der Waals surface area contributed by atoms with E-state index in [0.29, 0.717) is 0 Å². The molecule has 0 nitrogen and oxygen atoms in total. The van der Waals surface area contributed by atoms with E-state index in [1.165, 1.54) is 32.1 Å². The maximum atomic E-state index is 3.64. The van der Waals surface area contributed by atoms with Crippen LogP contribution in [-0.2, 0) is 131 Å². The predicted octanol–water partition coefficient (Wildman–Crippen LogP) is 5.30. The molecule has 100 valence electrons. The Bertz CT molecular complexity index is 52.3. The summed E-state index contributed by atoms with van der Waals surface area (Å²) in [5.74, 6) is 0. The van der Waals surface area contributed by atoms with E-state index in [1.54, 1.807) is 0 Å². The fourth-order valence-corrected chi connectivity index (χ4v) is 0.677. The third kappa shape index (κ3) is 82.1. The maximum Gasteiger partial charge on any atom is 2.00 e. The van der Waals surface area contributed by atoms with Gasteiger partial charge in [-0.15, -0.1) is 6.42 Å². The van der Waals surface area contributed by atoms with E-state index >= 15 is 0 Å². The minimum atomic E-state index is 0. The van der Waals surface area contributed by atoms with Gasteiger partial charge in [-0.2, -0.15) is 12.8 Å². The van der Waals surface area contributed by atoms with Crippen LogP contribution in [0, 0.1) is 59.8 Å². The SMILES string of the molecule is CCCCCC.[CH2-]CCC[CH2-].[CH3-].[CH3-].[U+2].[Y].[Y].[Y].[Y]. The smallest absolute Gasteiger partial charge is 0.358 e. The monoisotopic (exact) mass is 780 g/mol. The van der Waals surface area contributed by atoms with Gasteiger partial charge in [0.1, 0.15) is 0 Å². The van der Waals surface area contributed by atoms with Crippen molar-refractivity contribution < 1.29 is 162 Å². The first-order valence-corrected chi connectivity index (χ1v) is 4.91. The number of rotatable bonds is 5. The van der Waals surface area contributed by atoms with Crippen LogP contribution in [-0.4, -0.2) is 0 Å². The molecule has 0 rings (SSSR count). The Morgan fingerprint density at radius 2 is 0.833 bits per heavy atom. The van der Waals surface area contributed by atoms with Crippen molar-refractivity contribution in [1.82, 2.24) is 0 Å². The van der Waals surface area contributed by atoms with E-state index in [2.05, 4.69) is 27.7 Å². The molecular weight excluding hydrogens is 750 g/mol. The molecule has 0 aliphatic heterocycles. The van der Waals surface area contributed by atoms with Crippen molar-refractivity contribution in [3.05, 3.63) is 28.7 Å². The number of hydrogen-bond donors (Lipinski definition) is 0. The van der Waals surface area contributed by atoms with Crippen LogP contribution < -0.4 is 0 Å². The first-order chi connectivity index (χ1) is 5.33. The second-order valence-corrected chi connectivity index (χ2v) is 2.77. The normalized spacial score (nSPS) is 5.33. The third-order valence-electron chi connectivity index (χ3n) is 1.46. The minimum absolute atomic E-state index is 0. The van der Waals surface area contributed by atoms with E-state index in [0.717, 1.165) is 12.8 Å². The third-order valence-corrected chi connectivity index (χ3v) is 1.46. The molecule has 0 saturated heterocycles. The van der Waals surface area contributed by atoms with Crippen LogP contribution in [0.2, 0.25) is 0 Å². The molecule has 0 spiro atoms. The molecule has 0 heterocycles. The summed E-state index contributed by atoms with van der Waals surface area (Å²) in [4.78, 5) is 0. The largest absolute Gasteiger partial charge is 2.00 e. The summed E-state index contributed by atoms with van der Waals surface area (Å²) in [7, 11) is 0. The summed E-state index contributed by atoms with van der Waals surface area (Å²) in [6, 6.07) is 0. The van der Waals surface area contributed by atoms with E-state index in [1.807, 2.05) is 0 Å². The van der Waals surface area contributed by atoms with Crippen molar-refractivity contribution in [3.8, 4) is 0 Å². The summed E-state index contributed by atoms with van der Waals surface area (Å²) >= 11 is 0. The molecule has 0 fully saturated rings. The first-order valence-electron chi connectivity index (χ1n) is 4.91. The molecule has 0 aromatic rings. The van der Waals surface area contributed by atoms with Gasteiger partial charge in [-0.1, -0.05) is 39.5 Å². The zero-order valence-corrected chi connectivity index (χ0v) is 28.7. The Labute approximate surface area is 244 Å². The van der Waals surface area contributed by atoms with Gasteiger partial charge in [0, 0.05) is 131 Å². The maximum absolute atomic E-state index is 3.64. The quantitative estimate of drug-likeness (QED) is 0.263. The molecule has 0 bridgehead atoms. The van der Waals surface area contributed by atoms with Crippen LogP contribution in [0.4, 0.5) is 0 Å². The Balaban J connectivity index is -0.00000000931. The Hall–Kier alpha value is 5.47. The van der Waals surface area contributed by atoms with Gasteiger partial charge in [-0.3, -0.25) is 0 Å². The number of hydrogen-bond acceptors (Lipinski definition) is 0. The van der Waals surface area contributed by atoms with E-state index < -0.39 is 0 Å². The van der Waals surface area contributed by atoms with Gasteiger partial charge in [0.25, 0.3) is 0 Å². The summed E-state index contributed by atoms with van der Waals surface area (Å²) in [6.45, 7) is 11.7. The van der Waals surface area contributed by atoms with Gasteiger partial charge in [-0.05, 0) is 0 Å². The molecule has 0 aliphatic carbocycles. The first kappa shape index (κ1) is 56.6. The molecule has 5 heteroatoms. The van der Waals surface area contributed by atoms with Gasteiger partial charge in [0.15, 0.2) is 0 Å². The molecule has 0 N–H and O–H groups in total. The Morgan fingerprint density at radius 3 is 0.889 bits per heavy atom. The van der Waals surface area contributed by atoms with Crippen molar-refractivity contribution in [2.45, 2.75) is 58.8 Å². The van der Waals surface area contributed by atoms with E-state index in [-0.39, 0.29) is 177 Å². The summed E-state index contributed by atoms with van der Waals surface area (Å²) in [5.41, 5.74) is 0. The van der Waals surface area contributed by atoms with Gasteiger partial charge in [0.05, 0.1) is 0 Å². The molecule has 0 aromatic heterocycles. The fraction of sp³-hybridized carbons (Fsp3) is 0.692. The molecule has 18 heavy (non-hydrogen) atoms. The predicted molar refractivity (Wildman–Crippen MR) is 67.2 cm³/mol. The zero-order valence-electron chi connectivity index (χ0n) is 13.2. The van der Waals surface area contributed by atoms with Crippen molar-refractivity contribution in [2.75, 3.05) is 0 Å². The average molecular weight is 780 g/mol. The van der Waals surface area contributed by atoms with Crippen LogP contribution in [0.1, 0.15) is 58.8 Å². The molecule has 0 saturated carbocycles. The standard InChI is InChI=1S/C6H14.C5H10.2CH3.U.4Y/c1-3-5-6-4-2;1-3-5-4-2;;;;;;;/h3-6H2,1-2H3;1-5H2;2*1H3;;;;;/q;-2;2*-1;+2;;;;. The van der Waals surface area contributed by atoms with E-state index in [9.17, 15) is 0 Å². The molecular formula is C13H30UY4-2. The van der Waals surface area contributed by atoms with Crippen molar-refractivity contribution >= 4 is 0 Å². The number of unbranched alkanes of at least 4 members (excludes halogenated alkanes) is 5. The second kappa shape index (κ2) is 66.6. The Morgan fingerprint density at radius 1 is 0.611 bits per heavy atom. The van der Waals surface area contributed by atoms with Crippen molar-refractivity contribution in [3.63, 3.8) is 0 Å². The molecule has 4 radical (unpaired) electrons. The van der Waals surface area contributed by atoms with Crippen LogP contribution in [0.3, 0.4) is 0 Å². The molecule has 0 atom stereocenters. The summed E-state index contributed by atoms with van der Waals surface area (Å²) < 4.78 is 0.